The summed E-state index contributed by atoms with van der Waals surface area (Å²) < 4.78 is 5.19. The molecule has 0 atom stereocenters. The van der Waals surface area contributed by atoms with E-state index in [4.69, 9.17) is 10.2 Å². The van der Waals surface area contributed by atoms with Gasteiger partial charge in [0.25, 0.3) is 0 Å². The van der Waals surface area contributed by atoms with E-state index in [1.54, 1.807) is 0 Å². The van der Waals surface area contributed by atoms with Gasteiger partial charge in [-0.1, -0.05) is 25.9 Å². The molecule has 0 saturated heterocycles. The fourth-order valence-corrected chi connectivity index (χ4v) is 0.952. The number of nitrogens with one attached hydrogen (secondary N) is 1. The van der Waals surface area contributed by atoms with Crippen molar-refractivity contribution in [3.05, 3.63) is 5.89 Å². The molecule has 1 aromatic heterocycles. The predicted octanol–water partition coefficient (Wildman–Crippen LogP) is 1.38. The van der Waals surface area contributed by atoms with Gasteiger partial charge in [0.15, 0.2) is 0 Å². The maximum absolute atomic E-state index is 5.34. The van der Waals surface area contributed by atoms with E-state index < -0.39 is 0 Å². The number of nitrogens with zero attached hydrogens (tertiary/aromatic N) is 2. The van der Waals surface area contributed by atoms with E-state index >= 15 is 0 Å². The fraction of sp³-hybridized carbons (Fsp3) is 0.778. The summed E-state index contributed by atoms with van der Waals surface area (Å²) in [5.41, 5.74) is 5.65. The standard InChI is InChI=1S/C9H18N4O/c1-9(2,3)4-5-11-8-13-12-7(6-10)14-8/h4-6,10H2,1-3H3,(H,11,13). The smallest absolute Gasteiger partial charge is 0.315 e. The molecule has 0 unspecified atom stereocenters. The second-order valence-corrected chi connectivity index (χ2v) is 4.44. The molecule has 0 fully saturated rings. The Bertz CT molecular complexity index is 277. The van der Waals surface area contributed by atoms with E-state index in [0.29, 0.717) is 17.3 Å². The molecule has 0 aliphatic heterocycles. The van der Waals surface area contributed by atoms with Crippen molar-refractivity contribution in [1.82, 2.24) is 10.2 Å². The first-order valence-corrected chi connectivity index (χ1v) is 4.77. The molecular formula is C9H18N4O. The number of hydrogen-bond donors (Lipinski definition) is 2. The molecule has 5 heteroatoms. The summed E-state index contributed by atoms with van der Waals surface area (Å²) in [6.45, 7) is 7.68. The number of anilines is 1. The van der Waals surface area contributed by atoms with Gasteiger partial charge in [-0.3, -0.25) is 0 Å². The minimum Gasteiger partial charge on any atom is -0.407 e. The molecule has 1 heterocycles. The van der Waals surface area contributed by atoms with Gasteiger partial charge in [-0.05, 0) is 11.8 Å². The van der Waals surface area contributed by atoms with E-state index in [0.717, 1.165) is 13.0 Å². The Morgan fingerprint density at radius 3 is 2.57 bits per heavy atom. The van der Waals surface area contributed by atoms with Gasteiger partial charge in [0.2, 0.25) is 5.89 Å². The lowest BCUT2D eigenvalue weighted by molar-refractivity contribution is 0.387. The maximum atomic E-state index is 5.34. The Morgan fingerprint density at radius 2 is 2.07 bits per heavy atom. The molecule has 0 spiro atoms. The van der Waals surface area contributed by atoms with E-state index in [9.17, 15) is 0 Å². The van der Waals surface area contributed by atoms with Crippen molar-refractivity contribution < 1.29 is 4.42 Å². The van der Waals surface area contributed by atoms with Crippen molar-refractivity contribution in [2.75, 3.05) is 11.9 Å². The van der Waals surface area contributed by atoms with Crippen LogP contribution in [0.5, 0.6) is 0 Å². The van der Waals surface area contributed by atoms with Gasteiger partial charge in [-0.25, -0.2) is 0 Å². The van der Waals surface area contributed by atoms with Crippen LogP contribution in [0.15, 0.2) is 4.42 Å². The first-order chi connectivity index (χ1) is 6.51. The van der Waals surface area contributed by atoms with Crippen LogP contribution in [-0.4, -0.2) is 16.7 Å². The summed E-state index contributed by atoms with van der Waals surface area (Å²) in [6, 6.07) is 0.453. The molecule has 0 radical (unpaired) electrons. The molecule has 0 amide bonds. The first-order valence-electron chi connectivity index (χ1n) is 4.77. The Hall–Kier alpha value is -1.10. The van der Waals surface area contributed by atoms with Gasteiger partial charge in [0.05, 0.1) is 6.54 Å². The highest BCUT2D eigenvalue weighted by Gasteiger charge is 2.10. The van der Waals surface area contributed by atoms with Crippen molar-refractivity contribution in [3.63, 3.8) is 0 Å². The van der Waals surface area contributed by atoms with Crippen LogP contribution in [0.3, 0.4) is 0 Å². The molecule has 0 aliphatic rings. The predicted molar refractivity (Wildman–Crippen MR) is 54.8 cm³/mol. The average Bonchev–Trinajstić information content (AvgIpc) is 2.50. The Labute approximate surface area is 84.1 Å². The lowest BCUT2D eigenvalue weighted by atomic mass is 9.92. The van der Waals surface area contributed by atoms with Crippen LogP contribution in [0.4, 0.5) is 6.01 Å². The van der Waals surface area contributed by atoms with Gasteiger partial charge in [-0.15, -0.1) is 5.10 Å². The molecule has 0 bridgehead atoms. The van der Waals surface area contributed by atoms with Gasteiger partial charge >= 0.3 is 6.01 Å². The van der Waals surface area contributed by atoms with Crippen LogP contribution in [-0.2, 0) is 6.54 Å². The zero-order valence-corrected chi connectivity index (χ0v) is 9.00. The highest BCUT2D eigenvalue weighted by atomic mass is 16.4. The lowest BCUT2D eigenvalue weighted by Gasteiger charge is -2.17. The summed E-state index contributed by atoms with van der Waals surface area (Å²) in [5.74, 6) is 0.461. The minimum absolute atomic E-state index is 0.286. The van der Waals surface area contributed by atoms with Crippen molar-refractivity contribution in [3.8, 4) is 0 Å². The summed E-state index contributed by atoms with van der Waals surface area (Å²) in [7, 11) is 0. The third-order valence-corrected chi connectivity index (χ3v) is 1.79. The monoisotopic (exact) mass is 198 g/mol. The normalized spacial score (nSPS) is 11.7. The van der Waals surface area contributed by atoms with Crippen molar-refractivity contribution in [1.29, 1.82) is 0 Å². The van der Waals surface area contributed by atoms with Gasteiger partial charge in [0.1, 0.15) is 0 Å². The molecule has 80 valence electrons. The largest absolute Gasteiger partial charge is 0.407 e. The van der Waals surface area contributed by atoms with Crippen LogP contribution >= 0.6 is 0 Å². The highest BCUT2D eigenvalue weighted by Crippen LogP contribution is 2.18. The van der Waals surface area contributed by atoms with E-state index in [2.05, 4.69) is 36.3 Å². The quantitative estimate of drug-likeness (QED) is 0.764. The molecular weight excluding hydrogens is 180 g/mol. The van der Waals surface area contributed by atoms with E-state index in [-0.39, 0.29) is 6.54 Å². The van der Waals surface area contributed by atoms with Crippen LogP contribution in [0.2, 0.25) is 0 Å². The summed E-state index contributed by atoms with van der Waals surface area (Å²) in [5, 5.41) is 10.6. The fourth-order valence-electron chi connectivity index (χ4n) is 0.952. The second-order valence-electron chi connectivity index (χ2n) is 4.44. The third kappa shape index (κ3) is 3.74. The number of nitrogens with two attached hydrogens (primary N) is 1. The summed E-state index contributed by atoms with van der Waals surface area (Å²) >= 11 is 0. The van der Waals surface area contributed by atoms with E-state index in [1.165, 1.54) is 0 Å². The van der Waals surface area contributed by atoms with Crippen molar-refractivity contribution in [2.24, 2.45) is 11.1 Å². The average molecular weight is 198 g/mol. The number of rotatable bonds is 4. The zero-order valence-electron chi connectivity index (χ0n) is 9.00. The number of hydrogen-bond acceptors (Lipinski definition) is 5. The molecule has 5 nitrogen and oxygen atoms in total. The molecule has 0 saturated carbocycles. The van der Waals surface area contributed by atoms with Crippen LogP contribution in [0.1, 0.15) is 33.1 Å². The minimum atomic E-state index is 0.286. The maximum Gasteiger partial charge on any atom is 0.315 e. The van der Waals surface area contributed by atoms with Crippen molar-refractivity contribution in [2.45, 2.75) is 33.7 Å². The highest BCUT2D eigenvalue weighted by molar-refractivity contribution is 5.16. The molecule has 0 aromatic carbocycles. The zero-order chi connectivity index (χ0) is 10.6. The van der Waals surface area contributed by atoms with Gasteiger partial charge in [-0.2, -0.15) is 0 Å². The van der Waals surface area contributed by atoms with E-state index in [1.807, 2.05) is 0 Å². The third-order valence-electron chi connectivity index (χ3n) is 1.79. The van der Waals surface area contributed by atoms with Crippen LogP contribution in [0, 0.1) is 5.41 Å². The van der Waals surface area contributed by atoms with Crippen LogP contribution < -0.4 is 11.1 Å². The second kappa shape index (κ2) is 4.41. The van der Waals surface area contributed by atoms with Gasteiger partial charge in [0, 0.05) is 6.54 Å². The Kier molecular flexibility index (Phi) is 3.46. The Balaban J connectivity index is 2.31. The molecule has 14 heavy (non-hydrogen) atoms. The molecule has 3 N–H and O–H groups in total. The SMILES string of the molecule is CC(C)(C)CCNc1nnc(CN)o1. The molecule has 1 rings (SSSR count). The number of aromatic nitrogens is 2. The van der Waals surface area contributed by atoms with Crippen LogP contribution in [0.25, 0.3) is 0 Å². The summed E-state index contributed by atoms with van der Waals surface area (Å²) in [4.78, 5) is 0. The molecule has 0 aliphatic carbocycles. The van der Waals surface area contributed by atoms with Gasteiger partial charge < -0.3 is 15.5 Å². The first kappa shape index (κ1) is 11.0. The topological polar surface area (TPSA) is 77.0 Å². The molecule has 1 aromatic rings. The summed E-state index contributed by atoms with van der Waals surface area (Å²) in [6.07, 6.45) is 1.05. The lowest BCUT2D eigenvalue weighted by Crippen LogP contribution is -2.12. The Morgan fingerprint density at radius 1 is 1.36 bits per heavy atom. The van der Waals surface area contributed by atoms with Crippen molar-refractivity contribution >= 4 is 6.01 Å².